The molecule has 1 aliphatic heterocycles. The Labute approximate surface area is 148 Å². The number of carbonyl (C=O) groups excluding carboxylic acids is 1. The molecule has 1 aliphatic carbocycles. The summed E-state index contributed by atoms with van der Waals surface area (Å²) in [5, 5.41) is 11.9. The third kappa shape index (κ3) is 3.74. The van der Waals surface area contributed by atoms with Crippen molar-refractivity contribution < 1.29 is 4.79 Å². The maximum atomic E-state index is 12.3. The molecule has 0 bridgehead atoms. The Kier molecular flexibility index (Phi) is 4.78. The summed E-state index contributed by atoms with van der Waals surface area (Å²) in [6, 6.07) is 10.5. The lowest BCUT2D eigenvalue weighted by Crippen LogP contribution is -2.45. The molecule has 0 radical (unpaired) electrons. The van der Waals surface area contributed by atoms with Crippen molar-refractivity contribution in [2.75, 3.05) is 13.1 Å². The van der Waals surface area contributed by atoms with Crippen molar-refractivity contribution in [3.8, 4) is 11.4 Å². The van der Waals surface area contributed by atoms with Gasteiger partial charge in [-0.2, -0.15) is 0 Å². The molecule has 6 heteroatoms. The molecule has 2 heterocycles. The number of hydrogen-bond acceptors (Lipinski definition) is 4. The van der Waals surface area contributed by atoms with Gasteiger partial charge < -0.3 is 9.88 Å². The fourth-order valence-electron chi connectivity index (χ4n) is 3.87. The molecule has 2 aromatic rings. The highest BCUT2D eigenvalue weighted by molar-refractivity contribution is 5.78. The van der Waals surface area contributed by atoms with Crippen molar-refractivity contribution in [2.45, 2.75) is 51.2 Å². The predicted molar refractivity (Wildman–Crippen MR) is 95.8 cm³/mol. The van der Waals surface area contributed by atoms with Crippen LogP contribution in [-0.4, -0.2) is 44.7 Å². The molecule has 1 amide bonds. The molecule has 0 atom stereocenters. The molecule has 1 fully saturated rings. The number of carbonyl (C=O) groups is 1. The lowest BCUT2D eigenvalue weighted by Gasteiger charge is -2.28. The van der Waals surface area contributed by atoms with Crippen molar-refractivity contribution >= 4 is 5.91 Å². The van der Waals surface area contributed by atoms with Gasteiger partial charge in [-0.15, -0.1) is 10.2 Å². The van der Waals surface area contributed by atoms with Gasteiger partial charge in [-0.1, -0.05) is 49.6 Å². The Balaban J connectivity index is 1.37. The second kappa shape index (κ2) is 7.35. The van der Waals surface area contributed by atoms with Gasteiger partial charge in [0, 0.05) is 24.7 Å². The molecule has 0 saturated heterocycles. The smallest absolute Gasteiger partial charge is 0.234 e. The summed E-state index contributed by atoms with van der Waals surface area (Å²) in [6.07, 6.45) is 6.03. The van der Waals surface area contributed by atoms with Crippen molar-refractivity contribution in [3.63, 3.8) is 0 Å². The SMILES string of the molecule is O=C(CN1CCn2c(nnc2-c2ccccc2)C1)NC1CCCCC1. The molecular weight excluding hydrogens is 314 g/mol. The van der Waals surface area contributed by atoms with Gasteiger partial charge in [0.05, 0.1) is 13.1 Å². The number of fused-ring (bicyclic) bond motifs is 1. The number of hydrogen-bond donors (Lipinski definition) is 1. The van der Waals surface area contributed by atoms with E-state index < -0.39 is 0 Å². The minimum Gasteiger partial charge on any atom is -0.352 e. The second-order valence-electron chi connectivity index (χ2n) is 7.07. The van der Waals surface area contributed by atoms with Crippen molar-refractivity contribution in [3.05, 3.63) is 36.2 Å². The molecule has 2 aliphatic rings. The molecular formula is C19H25N5O. The van der Waals surface area contributed by atoms with E-state index in [1.807, 2.05) is 18.2 Å². The molecule has 0 unspecified atom stereocenters. The maximum absolute atomic E-state index is 12.3. The highest BCUT2D eigenvalue weighted by atomic mass is 16.2. The highest BCUT2D eigenvalue weighted by Gasteiger charge is 2.24. The van der Waals surface area contributed by atoms with E-state index in [4.69, 9.17) is 0 Å². The second-order valence-corrected chi connectivity index (χ2v) is 7.07. The Morgan fingerprint density at radius 3 is 2.68 bits per heavy atom. The first kappa shape index (κ1) is 16.3. The summed E-state index contributed by atoms with van der Waals surface area (Å²) >= 11 is 0. The minimum absolute atomic E-state index is 0.142. The van der Waals surface area contributed by atoms with E-state index in [0.717, 1.165) is 43.1 Å². The molecule has 0 spiro atoms. The third-order valence-corrected chi connectivity index (χ3v) is 5.20. The molecule has 6 nitrogen and oxygen atoms in total. The van der Waals surface area contributed by atoms with E-state index >= 15 is 0 Å². The van der Waals surface area contributed by atoms with Crippen LogP contribution in [0, 0.1) is 0 Å². The Hall–Kier alpha value is -2.21. The van der Waals surface area contributed by atoms with Crippen LogP contribution in [0.25, 0.3) is 11.4 Å². The molecule has 4 rings (SSSR count). The van der Waals surface area contributed by atoms with Crippen molar-refractivity contribution in [1.29, 1.82) is 0 Å². The summed E-state index contributed by atoms with van der Waals surface area (Å²) in [4.78, 5) is 14.5. The van der Waals surface area contributed by atoms with Crippen LogP contribution in [0.5, 0.6) is 0 Å². The van der Waals surface area contributed by atoms with E-state index in [1.54, 1.807) is 0 Å². The van der Waals surface area contributed by atoms with Gasteiger partial charge >= 0.3 is 0 Å². The standard InChI is InChI=1S/C19H25N5O/c25-18(20-16-9-5-2-6-10-16)14-23-11-12-24-17(13-23)21-22-19(24)15-7-3-1-4-8-15/h1,3-4,7-8,16H,2,5-6,9-14H2,(H,20,25). The summed E-state index contributed by atoms with van der Waals surface area (Å²) in [6.45, 7) is 2.80. The lowest BCUT2D eigenvalue weighted by molar-refractivity contribution is -0.123. The largest absolute Gasteiger partial charge is 0.352 e. The normalized spacial score (nSPS) is 18.7. The first-order chi connectivity index (χ1) is 12.3. The van der Waals surface area contributed by atoms with Gasteiger partial charge in [0.25, 0.3) is 0 Å². The highest BCUT2D eigenvalue weighted by Crippen LogP contribution is 2.21. The number of rotatable bonds is 4. The number of amides is 1. The summed E-state index contributed by atoms with van der Waals surface area (Å²) in [5.41, 5.74) is 1.09. The number of benzene rings is 1. The van der Waals surface area contributed by atoms with Gasteiger partial charge in [0.2, 0.25) is 5.91 Å². The quantitative estimate of drug-likeness (QED) is 0.928. The summed E-state index contributed by atoms with van der Waals surface area (Å²) < 4.78 is 2.17. The predicted octanol–water partition coefficient (Wildman–Crippen LogP) is 2.21. The van der Waals surface area contributed by atoms with Crippen LogP contribution < -0.4 is 5.32 Å². The van der Waals surface area contributed by atoms with E-state index in [9.17, 15) is 4.79 Å². The Morgan fingerprint density at radius 1 is 1.08 bits per heavy atom. The zero-order chi connectivity index (χ0) is 17.1. The van der Waals surface area contributed by atoms with Gasteiger partial charge in [0.1, 0.15) is 5.82 Å². The zero-order valence-corrected chi connectivity index (χ0v) is 14.5. The average molecular weight is 339 g/mol. The monoisotopic (exact) mass is 339 g/mol. The zero-order valence-electron chi connectivity index (χ0n) is 14.5. The van der Waals surface area contributed by atoms with Crippen LogP contribution >= 0.6 is 0 Å². The molecule has 1 N–H and O–H groups in total. The molecule has 25 heavy (non-hydrogen) atoms. The van der Waals surface area contributed by atoms with Crippen LogP contribution in [0.4, 0.5) is 0 Å². The fraction of sp³-hybridized carbons (Fsp3) is 0.526. The van der Waals surface area contributed by atoms with Gasteiger partial charge in [-0.05, 0) is 12.8 Å². The van der Waals surface area contributed by atoms with E-state index in [2.05, 4.69) is 37.1 Å². The van der Waals surface area contributed by atoms with Crippen LogP contribution in [0.2, 0.25) is 0 Å². The summed E-state index contributed by atoms with van der Waals surface area (Å²) in [5.74, 6) is 2.00. The topological polar surface area (TPSA) is 63.1 Å². The Bertz CT molecular complexity index is 721. The van der Waals surface area contributed by atoms with Crippen LogP contribution in [0.15, 0.2) is 30.3 Å². The first-order valence-corrected chi connectivity index (χ1v) is 9.29. The first-order valence-electron chi connectivity index (χ1n) is 9.29. The number of aromatic nitrogens is 3. The maximum Gasteiger partial charge on any atom is 0.234 e. The van der Waals surface area contributed by atoms with E-state index in [0.29, 0.717) is 19.1 Å². The molecule has 132 valence electrons. The molecule has 1 aromatic carbocycles. The van der Waals surface area contributed by atoms with Crippen LogP contribution in [0.3, 0.4) is 0 Å². The van der Waals surface area contributed by atoms with Crippen LogP contribution in [-0.2, 0) is 17.9 Å². The van der Waals surface area contributed by atoms with Crippen molar-refractivity contribution in [1.82, 2.24) is 25.0 Å². The van der Waals surface area contributed by atoms with Gasteiger partial charge in [-0.3, -0.25) is 9.69 Å². The summed E-state index contributed by atoms with van der Waals surface area (Å²) in [7, 11) is 0. The van der Waals surface area contributed by atoms with E-state index in [-0.39, 0.29) is 5.91 Å². The third-order valence-electron chi connectivity index (χ3n) is 5.20. The van der Waals surface area contributed by atoms with Crippen LogP contribution in [0.1, 0.15) is 37.9 Å². The van der Waals surface area contributed by atoms with E-state index in [1.165, 1.54) is 19.3 Å². The molecule has 1 aromatic heterocycles. The fourth-order valence-corrected chi connectivity index (χ4v) is 3.87. The minimum atomic E-state index is 0.142. The average Bonchev–Trinajstić information content (AvgIpc) is 3.06. The van der Waals surface area contributed by atoms with Gasteiger partial charge in [0.15, 0.2) is 5.82 Å². The Morgan fingerprint density at radius 2 is 1.88 bits per heavy atom. The number of nitrogens with one attached hydrogen (secondary N) is 1. The van der Waals surface area contributed by atoms with Gasteiger partial charge in [-0.25, -0.2) is 0 Å². The molecule has 1 saturated carbocycles. The lowest BCUT2D eigenvalue weighted by atomic mass is 9.95. The van der Waals surface area contributed by atoms with Crippen molar-refractivity contribution in [2.24, 2.45) is 0 Å². The number of nitrogens with zero attached hydrogens (tertiary/aromatic N) is 4.